The van der Waals surface area contributed by atoms with Gasteiger partial charge in [-0.1, -0.05) is 0 Å². The quantitative estimate of drug-likeness (QED) is 0.545. The lowest BCUT2D eigenvalue weighted by molar-refractivity contribution is 0.211. The molecular weight excluding hydrogens is 180 g/mol. The van der Waals surface area contributed by atoms with Gasteiger partial charge in [0.1, 0.15) is 0 Å². The summed E-state index contributed by atoms with van der Waals surface area (Å²) in [6, 6.07) is -0.535. The number of rotatable bonds is 0. The van der Waals surface area contributed by atoms with Gasteiger partial charge in [-0.3, -0.25) is 0 Å². The van der Waals surface area contributed by atoms with E-state index in [1.54, 1.807) is 0 Å². The molecule has 0 aromatic carbocycles. The summed E-state index contributed by atoms with van der Waals surface area (Å²) in [6.45, 7) is 0.687. The number of primary amides is 1. The van der Waals surface area contributed by atoms with Crippen LogP contribution >= 0.6 is 0 Å². The summed E-state index contributed by atoms with van der Waals surface area (Å²) in [4.78, 5) is 12.0. The van der Waals surface area contributed by atoms with E-state index >= 15 is 0 Å². The molecule has 0 aromatic rings. The van der Waals surface area contributed by atoms with Gasteiger partial charge < -0.3 is 10.6 Å². The van der Waals surface area contributed by atoms with E-state index in [9.17, 15) is 13.2 Å². The standard InChI is InChI=1S/C6H12N2O3S/c7-6(9)8-2-1-4-12(10,11)5-3-8/h1-5H2,(H2,7,9). The smallest absolute Gasteiger partial charge is 0.314 e. The minimum Gasteiger partial charge on any atom is -0.351 e. The monoisotopic (exact) mass is 192 g/mol. The van der Waals surface area contributed by atoms with E-state index in [2.05, 4.69) is 0 Å². The van der Waals surface area contributed by atoms with E-state index in [0.717, 1.165) is 0 Å². The van der Waals surface area contributed by atoms with Crippen LogP contribution in [0.1, 0.15) is 6.42 Å². The Hall–Kier alpha value is -0.780. The molecule has 0 radical (unpaired) electrons. The molecule has 6 heteroatoms. The third-order valence-corrected chi connectivity index (χ3v) is 3.58. The summed E-state index contributed by atoms with van der Waals surface area (Å²) >= 11 is 0. The Morgan fingerprint density at radius 2 is 1.92 bits per heavy atom. The second-order valence-electron chi connectivity index (χ2n) is 2.83. The summed E-state index contributed by atoms with van der Waals surface area (Å²) in [5.74, 6) is 0.201. The Labute approximate surface area is 71.4 Å². The van der Waals surface area contributed by atoms with Crippen LogP contribution in [0.25, 0.3) is 0 Å². The van der Waals surface area contributed by atoms with Crippen molar-refractivity contribution in [3.8, 4) is 0 Å². The Balaban J connectivity index is 2.62. The Kier molecular flexibility index (Phi) is 2.56. The molecule has 12 heavy (non-hydrogen) atoms. The first kappa shape index (κ1) is 9.31. The molecule has 2 N–H and O–H groups in total. The Morgan fingerprint density at radius 1 is 1.25 bits per heavy atom. The lowest BCUT2D eigenvalue weighted by Gasteiger charge is -2.15. The maximum absolute atomic E-state index is 11.1. The lowest BCUT2D eigenvalue weighted by atomic mass is 10.4. The fraction of sp³-hybridized carbons (Fsp3) is 0.833. The van der Waals surface area contributed by atoms with Crippen LogP contribution in [0.5, 0.6) is 0 Å². The number of hydrogen-bond acceptors (Lipinski definition) is 3. The highest BCUT2D eigenvalue weighted by molar-refractivity contribution is 7.91. The topological polar surface area (TPSA) is 80.5 Å². The van der Waals surface area contributed by atoms with Crippen LogP contribution in [0.2, 0.25) is 0 Å². The number of nitrogens with zero attached hydrogens (tertiary/aromatic N) is 1. The molecule has 1 rings (SSSR count). The van der Waals surface area contributed by atoms with E-state index in [4.69, 9.17) is 5.73 Å². The molecular formula is C6H12N2O3S. The van der Waals surface area contributed by atoms with Gasteiger partial charge >= 0.3 is 6.03 Å². The third-order valence-electron chi connectivity index (χ3n) is 1.87. The normalized spacial score (nSPS) is 23.2. The summed E-state index contributed by atoms with van der Waals surface area (Å²) in [6.07, 6.45) is 0.491. The van der Waals surface area contributed by atoms with Crippen molar-refractivity contribution < 1.29 is 13.2 Å². The Bertz CT molecular complexity index is 273. The minimum absolute atomic E-state index is 0.0376. The highest BCUT2D eigenvalue weighted by atomic mass is 32.2. The van der Waals surface area contributed by atoms with Crippen LogP contribution in [0, 0.1) is 0 Å². The van der Waals surface area contributed by atoms with Gasteiger partial charge in [-0.25, -0.2) is 13.2 Å². The van der Waals surface area contributed by atoms with Crippen molar-refractivity contribution in [2.45, 2.75) is 6.42 Å². The maximum atomic E-state index is 11.1. The predicted molar refractivity (Wildman–Crippen MR) is 44.4 cm³/mol. The molecule has 1 saturated heterocycles. The maximum Gasteiger partial charge on any atom is 0.314 e. The number of nitrogens with two attached hydrogens (primary N) is 1. The van der Waals surface area contributed by atoms with E-state index in [0.29, 0.717) is 13.0 Å². The molecule has 1 aliphatic heterocycles. The molecule has 1 aliphatic rings. The number of amides is 2. The number of urea groups is 1. The van der Waals surface area contributed by atoms with Gasteiger partial charge in [0.25, 0.3) is 0 Å². The van der Waals surface area contributed by atoms with Gasteiger partial charge in [0, 0.05) is 13.1 Å². The SMILES string of the molecule is NC(=O)N1CCCS(=O)(=O)CC1. The first-order valence-electron chi connectivity index (χ1n) is 3.76. The molecule has 5 nitrogen and oxygen atoms in total. The summed E-state index contributed by atoms with van der Waals surface area (Å²) in [5, 5.41) is 0. The zero-order valence-corrected chi connectivity index (χ0v) is 7.51. The van der Waals surface area contributed by atoms with Gasteiger partial charge in [0.15, 0.2) is 9.84 Å². The van der Waals surface area contributed by atoms with Crippen LogP contribution in [0.3, 0.4) is 0 Å². The van der Waals surface area contributed by atoms with Crippen LogP contribution < -0.4 is 5.73 Å². The van der Waals surface area contributed by atoms with Gasteiger partial charge in [0.2, 0.25) is 0 Å². The van der Waals surface area contributed by atoms with Crippen LogP contribution in [-0.4, -0.2) is 43.9 Å². The van der Waals surface area contributed by atoms with Crippen LogP contribution in [0.15, 0.2) is 0 Å². The lowest BCUT2D eigenvalue weighted by Crippen LogP contribution is -2.37. The minimum atomic E-state index is -2.94. The molecule has 0 saturated carbocycles. The fourth-order valence-electron chi connectivity index (χ4n) is 1.16. The third kappa shape index (κ3) is 2.37. The number of sulfone groups is 1. The van der Waals surface area contributed by atoms with Crippen molar-refractivity contribution in [2.75, 3.05) is 24.6 Å². The number of hydrogen-bond donors (Lipinski definition) is 1. The number of carbonyl (C=O) groups is 1. The molecule has 0 bridgehead atoms. The van der Waals surface area contributed by atoms with Crippen molar-refractivity contribution in [3.63, 3.8) is 0 Å². The fourth-order valence-corrected chi connectivity index (χ4v) is 2.43. The van der Waals surface area contributed by atoms with Crippen LogP contribution in [-0.2, 0) is 9.84 Å². The largest absolute Gasteiger partial charge is 0.351 e. The van der Waals surface area contributed by atoms with E-state index in [1.807, 2.05) is 0 Å². The molecule has 0 atom stereocenters. The summed E-state index contributed by atoms with van der Waals surface area (Å²) < 4.78 is 22.1. The van der Waals surface area contributed by atoms with Gasteiger partial charge in [-0.15, -0.1) is 0 Å². The highest BCUT2D eigenvalue weighted by Crippen LogP contribution is 2.03. The van der Waals surface area contributed by atoms with Gasteiger partial charge in [-0.2, -0.15) is 0 Å². The molecule has 70 valence electrons. The van der Waals surface area contributed by atoms with E-state index in [1.165, 1.54) is 4.90 Å². The molecule has 0 aliphatic carbocycles. The first-order valence-corrected chi connectivity index (χ1v) is 5.58. The predicted octanol–water partition coefficient (Wildman–Crippen LogP) is -0.814. The molecule has 1 fully saturated rings. The molecule has 0 aromatic heterocycles. The zero-order chi connectivity index (χ0) is 9.19. The Morgan fingerprint density at radius 3 is 2.50 bits per heavy atom. The van der Waals surface area contributed by atoms with E-state index in [-0.39, 0.29) is 18.1 Å². The summed E-state index contributed by atoms with van der Waals surface area (Å²) in [7, 11) is -2.94. The molecule has 0 spiro atoms. The van der Waals surface area contributed by atoms with Gasteiger partial charge in [0.05, 0.1) is 11.5 Å². The van der Waals surface area contributed by atoms with Crippen molar-refractivity contribution in [1.82, 2.24) is 4.90 Å². The summed E-state index contributed by atoms with van der Waals surface area (Å²) in [5.41, 5.74) is 5.02. The first-order chi connectivity index (χ1) is 5.51. The number of carbonyl (C=O) groups excluding carboxylic acids is 1. The van der Waals surface area contributed by atoms with Crippen molar-refractivity contribution in [1.29, 1.82) is 0 Å². The average molecular weight is 192 g/mol. The molecule has 0 unspecified atom stereocenters. The molecule has 2 amide bonds. The van der Waals surface area contributed by atoms with Crippen LogP contribution in [0.4, 0.5) is 4.79 Å². The molecule has 1 heterocycles. The second-order valence-corrected chi connectivity index (χ2v) is 5.13. The van der Waals surface area contributed by atoms with Crippen molar-refractivity contribution >= 4 is 15.9 Å². The highest BCUT2D eigenvalue weighted by Gasteiger charge is 2.20. The van der Waals surface area contributed by atoms with Crippen molar-refractivity contribution in [3.05, 3.63) is 0 Å². The van der Waals surface area contributed by atoms with Gasteiger partial charge in [-0.05, 0) is 6.42 Å². The van der Waals surface area contributed by atoms with E-state index < -0.39 is 15.9 Å². The zero-order valence-electron chi connectivity index (χ0n) is 6.69. The van der Waals surface area contributed by atoms with Crippen molar-refractivity contribution in [2.24, 2.45) is 5.73 Å². The second kappa shape index (κ2) is 3.30. The average Bonchev–Trinajstić information content (AvgIpc) is 2.10.